The molecule has 0 bridgehead atoms. The average molecular weight is 512 g/mol. The summed E-state index contributed by atoms with van der Waals surface area (Å²) in [6.45, 7) is 5.91. The molecule has 1 heterocycles. The number of sulfonamides is 2. The molecule has 0 spiro atoms. The summed E-state index contributed by atoms with van der Waals surface area (Å²) in [6, 6.07) is 11.7. The number of benzene rings is 2. The summed E-state index contributed by atoms with van der Waals surface area (Å²) < 4.78 is 65.9. The Bertz CT molecular complexity index is 1170. The van der Waals surface area contributed by atoms with Crippen LogP contribution < -0.4 is 14.4 Å². The molecule has 0 amide bonds. The van der Waals surface area contributed by atoms with Crippen molar-refractivity contribution in [2.75, 3.05) is 58.5 Å². The third-order valence-electron chi connectivity index (χ3n) is 5.82. The molecule has 2 aromatic rings. The van der Waals surface area contributed by atoms with Crippen LogP contribution >= 0.6 is 0 Å². The zero-order valence-electron chi connectivity index (χ0n) is 20.0. The van der Waals surface area contributed by atoms with Gasteiger partial charge in [-0.2, -0.15) is 4.31 Å². The van der Waals surface area contributed by atoms with Crippen molar-refractivity contribution in [1.29, 1.82) is 0 Å². The summed E-state index contributed by atoms with van der Waals surface area (Å²) in [5.41, 5.74) is 1.69. The van der Waals surface area contributed by atoms with E-state index in [4.69, 9.17) is 9.47 Å². The molecule has 1 aliphatic rings. The van der Waals surface area contributed by atoms with E-state index < -0.39 is 20.0 Å². The van der Waals surface area contributed by atoms with Gasteiger partial charge in [0.2, 0.25) is 20.0 Å². The van der Waals surface area contributed by atoms with Crippen molar-refractivity contribution >= 4 is 25.7 Å². The summed E-state index contributed by atoms with van der Waals surface area (Å²) in [5.74, 6) is 0.849. The van der Waals surface area contributed by atoms with Crippen molar-refractivity contribution in [3.63, 3.8) is 0 Å². The third kappa shape index (κ3) is 5.89. The van der Waals surface area contributed by atoms with E-state index in [1.807, 2.05) is 17.0 Å². The van der Waals surface area contributed by atoms with Crippen LogP contribution in [0.5, 0.6) is 5.75 Å². The average Bonchev–Trinajstić information content (AvgIpc) is 2.83. The first-order chi connectivity index (χ1) is 16.1. The Morgan fingerprint density at radius 1 is 0.912 bits per heavy atom. The predicted molar refractivity (Wildman–Crippen MR) is 132 cm³/mol. The lowest BCUT2D eigenvalue weighted by Crippen LogP contribution is -2.48. The van der Waals surface area contributed by atoms with E-state index in [0.29, 0.717) is 30.4 Å². The van der Waals surface area contributed by atoms with E-state index in [2.05, 4.69) is 18.6 Å². The quantitative estimate of drug-likeness (QED) is 0.488. The highest BCUT2D eigenvalue weighted by Crippen LogP contribution is 2.32. The van der Waals surface area contributed by atoms with E-state index >= 15 is 0 Å². The molecule has 0 aliphatic carbocycles. The smallest absolute Gasteiger partial charge is 0.243 e. The monoisotopic (exact) mass is 511 g/mol. The molecular formula is C23H33N3O6S2. The van der Waals surface area contributed by atoms with Crippen LogP contribution in [0.15, 0.2) is 52.3 Å². The number of rotatable bonds is 10. The van der Waals surface area contributed by atoms with Gasteiger partial charge in [-0.15, -0.1) is 0 Å². The van der Waals surface area contributed by atoms with Crippen LogP contribution in [0.1, 0.15) is 25.3 Å². The maximum atomic E-state index is 13.1. The number of ether oxygens (including phenoxy) is 2. The number of nitrogens with one attached hydrogen (secondary N) is 1. The Morgan fingerprint density at radius 2 is 1.53 bits per heavy atom. The summed E-state index contributed by atoms with van der Waals surface area (Å²) >= 11 is 0. The van der Waals surface area contributed by atoms with Gasteiger partial charge in [0.05, 0.1) is 29.2 Å². The van der Waals surface area contributed by atoms with Crippen LogP contribution in [-0.2, 0) is 24.8 Å². The maximum absolute atomic E-state index is 13.1. The number of hydrogen-bond donors (Lipinski definition) is 1. The fourth-order valence-electron chi connectivity index (χ4n) is 3.79. The van der Waals surface area contributed by atoms with Gasteiger partial charge >= 0.3 is 0 Å². The van der Waals surface area contributed by atoms with Gasteiger partial charge in [0.1, 0.15) is 5.75 Å². The van der Waals surface area contributed by atoms with Gasteiger partial charge in [-0.3, -0.25) is 0 Å². The minimum atomic E-state index is -3.72. The van der Waals surface area contributed by atoms with Crippen LogP contribution in [0.3, 0.4) is 0 Å². The molecule has 1 saturated heterocycles. The van der Waals surface area contributed by atoms with Gasteiger partial charge in [-0.25, -0.2) is 21.6 Å². The highest BCUT2D eigenvalue weighted by Gasteiger charge is 2.30. The molecule has 188 valence electrons. The van der Waals surface area contributed by atoms with Crippen molar-refractivity contribution in [2.24, 2.45) is 0 Å². The topological polar surface area (TPSA) is 105 Å². The second kappa shape index (κ2) is 11.0. The van der Waals surface area contributed by atoms with Crippen LogP contribution in [0, 0.1) is 0 Å². The number of piperazine rings is 1. The minimum absolute atomic E-state index is 0.111. The van der Waals surface area contributed by atoms with E-state index in [0.717, 1.165) is 5.56 Å². The highest BCUT2D eigenvalue weighted by atomic mass is 32.2. The van der Waals surface area contributed by atoms with E-state index in [1.54, 1.807) is 24.3 Å². The molecule has 11 heteroatoms. The summed E-state index contributed by atoms with van der Waals surface area (Å²) in [6.07, 6.45) is 0. The Morgan fingerprint density at radius 3 is 2.09 bits per heavy atom. The normalized spacial score (nSPS) is 15.6. The molecule has 0 saturated carbocycles. The van der Waals surface area contributed by atoms with Crippen LogP contribution in [0.4, 0.5) is 5.69 Å². The van der Waals surface area contributed by atoms with Crippen molar-refractivity contribution in [3.8, 4) is 5.75 Å². The van der Waals surface area contributed by atoms with Crippen LogP contribution in [0.2, 0.25) is 0 Å². The van der Waals surface area contributed by atoms with E-state index in [1.165, 1.54) is 24.6 Å². The van der Waals surface area contributed by atoms with Gasteiger partial charge in [-0.1, -0.05) is 26.0 Å². The van der Waals surface area contributed by atoms with Crippen molar-refractivity contribution < 1.29 is 26.3 Å². The molecule has 0 radical (unpaired) electrons. The number of hydrogen-bond acceptors (Lipinski definition) is 7. The van der Waals surface area contributed by atoms with Gasteiger partial charge < -0.3 is 14.4 Å². The molecular weight excluding hydrogens is 478 g/mol. The molecule has 9 nitrogen and oxygen atoms in total. The van der Waals surface area contributed by atoms with Gasteiger partial charge in [-0.05, 0) is 41.8 Å². The van der Waals surface area contributed by atoms with Crippen LogP contribution in [-0.4, -0.2) is 74.7 Å². The first-order valence-corrected chi connectivity index (χ1v) is 14.0. The van der Waals surface area contributed by atoms with Crippen LogP contribution in [0.25, 0.3) is 0 Å². The zero-order chi connectivity index (χ0) is 24.9. The SMILES string of the molecule is COCCNS(=O)(=O)c1ccc(OC)c(N2CCN(S(=O)(=O)c3ccc(C(C)C)cc3)CC2)c1. The highest BCUT2D eigenvalue weighted by molar-refractivity contribution is 7.89. The molecule has 0 aromatic heterocycles. The fraction of sp³-hybridized carbons (Fsp3) is 0.478. The van der Waals surface area contributed by atoms with Crippen molar-refractivity contribution in [1.82, 2.24) is 9.03 Å². The Balaban J connectivity index is 1.76. The minimum Gasteiger partial charge on any atom is -0.495 e. The lowest BCUT2D eigenvalue weighted by Gasteiger charge is -2.36. The largest absolute Gasteiger partial charge is 0.495 e. The maximum Gasteiger partial charge on any atom is 0.243 e. The molecule has 34 heavy (non-hydrogen) atoms. The lowest BCUT2D eigenvalue weighted by atomic mass is 10.0. The molecule has 0 atom stereocenters. The first kappa shape index (κ1) is 26.4. The van der Waals surface area contributed by atoms with Gasteiger partial charge in [0.15, 0.2) is 0 Å². The van der Waals surface area contributed by atoms with E-state index in [-0.39, 0.29) is 36.0 Å². The fourth-order valence-corrected chi connectivity index (χ4v) is 6.24. The third-order valence-corrected chi connectivity index (χ3v) is 9.19. The number of methoxy groups -OCH3 is 2. The summed E-state index contributed by atoms with van der Waals surface area (Å²) in [4.78, 5) is 2.33. The van der Waals surface area contributed by atoms with E-state index in [9.17, 15) is 16.8 Å². The predicted octanol–water partition coefficient (Wildman–Crippen LogP) is 2.25. The van der Waals surface area contributed by atoms with Crippen molar-refractivity contribution in [3.05, 3.63) is 48.0 Å². The molecule has 1 aliphatic heterocycles. The molecule has 3 rings (SSSR count). The number of anilines is 1. The second-order valence-corrected chi connectivity index (χ2v) is 12.0. The standard InChI is InChI=1S/C23H33N3O6S2/c1-18(2)19-5-7-20(8-6-19)34(29,30)26-14-12-25(13-15-26)22-17-21(9-10-23(22)32-4)33(27,28)24-11-16-31-3/h5-10,17-18,24H,11-16H2,1-4H3. The van der Waals surface area contributed by atoms with Gasteiger partial charge in [0.25, 0.3) is 0 Å². The Kier molecular flexibility index (Phi) is 8.58. The Labute approximate surface area is 202 Å². The molecule has 0 unspecified atom stereocenters. The second-order valence-electron chi connectivity index (χ2n) is 8.34. The first-order valence-electron chi connectivity index (χ1n) is 11.1. The summed E-state index contributed by atoms with van der Waals surface area (Å²) in [5, 5.41) is 0. The molecule has 2 aromatic carbocycles. The van der Waals surface area contributed by atoms with Gasteiger partial charge in [0, 0.05) is 39.8 Å². The number of nitrogens with zero attached hydrogens (tertiary/aromatic N) is 2. The Hall–Kier alpha value is -2.18. The van der Waals surface area contributed by atoms with Crippen molar-refractivity contribution in [2.45, 2.75) is 29.6 Å². The molecule has 1 N–H and O–H groups in total. The summed E-state index contributed by atoms with van der Waals surface area (Å²) in [7, 11) is -4.31. The molecule has 1 fully saturated rings. The zero-order valence-corrected chi connectivity index (χ0v) is 21.7. The lowest BCUT2D eigenvalue weighted by molar-refractivity contribution is 0.204.